The number of carbonyl (C=O) groups excluding carboxylic acids is 1. The molecule has 24 heavy (non-hydrogen) atoms. The monoisotopic (exact) mass is 376 g/mol. The summed E-state index contributed by atoms with van der Waals surface area (Å²) in [7, 11) is -2.30. The first-order valence-electron chi connectivity index (χ1n) is 7.62. The molecule has 8 heteroatoms. The van der Waals surface area contributed by atoms with Crippen LogP contribution in [0.15, 0.2) is 18.2 Å². The Labute approximate surface area is 149 Å². The van der Waals surface area contributed by atoms with Crippen LogP contribution in [0.4, 0.5) is 5.69 Å². The number of nitrogens with one attached hydrogen (secondary N) is 1. The highest BCUT2D eigenvalue weighted by atomic mass is 35.5. The molecule has 0 aromatic heterocycles. The fraction of sp³-hybridized carbons (Fsp3) is 0.562. The van der Waals surface area contributed by atoms with E-state index in [4.69, 9.17) is 16.3 Å². The van der Waals surface area contributed by atoms with Gasteiger partial charge in [-0.3, -0.25) is 9.10 Å². The zero-order valence-corrected chi connectivity index (χ0v) is 16.4. The molecule has 2 atom stereocenters. The zero-order chi connectivity index (χ0) is 18.7. The Morgan fingerprint density at radius 2 is 1.83 bits per heavy atom. The van der Waals surface area contributed by atoms with Crippen LogP contribution >= 0.6 is 11.6 Å². The van der Waals surface area contributed by atoms with Crippen molar-refractivity contribution in [3.05, 3.63) is 23.2 Å². The lowest BCUT2D eigenvalue weighted by atomic mass is 10.1. The number of halogens is 1. The number of carbonyl (C=O) groups is 1. The average Bonchev–Trinajstić information content (AvgIpc) is 2.45. The van der Waals surface area contributed by atoms with Crippen molar-refractivity contribution in [3.8, 4) is 5.75 Å². The molecule has 0 saturated heterocycles. The van der Waals surface area contributed by atoms with E-state index in [9.17, 15) is 13.2 Å². The lowest BCUT2D eigenvalue weighted by Gasteiger charge is -2.30. The Bertz CT molecular complexity index is 691. The molecule has 1 N–H and O–H groups in total. The van der Waals surface area contributed by atoms with Gasteiger partial charge < -0.3 is 10.1 Å². The first-order chi connectivity index (χ1) is 11.0. The third-order valence-electron chi connectivity index (χ3n) is 3.84. The number of amides is 1. The molecule has 0 heterocycles. The van der Waals surface area contributed by atoms with Crippen molar-refractivity contribution in [2.45, 2.75) is 39.8 Å². The number of hydrogen-bond donors (Lipinski definition) is 1. The summed E-state index contributed by atoms with van der Waals surface area (Å²) in [6.07, 6.45) is 1.04. The first-order valence-corrected chi connectivity index (χ1v) is 9.85. The molecular weight excluding hydrogens is 352 g/mol. The number of sulfonamides is 1. The number of rotatable bonds is 7. The average molecular weight is 377 g/mol. The number of benzene rings is 1. The van der Waals surface area contributed by atoms with Crippen LogP contribution in [0.5, 0.6) is 5.75 Å². The quantitative estimate of drug-likeness (QED) is 0.793. The van der Waals surface area contributed by atoms with Crippen LogP contribution in [0.25, 0.3) is 0 Å². The molecule has 136 valence electrons. The molecule has 1 amide bonds. The van der Waals surface area contributed by atoms with Gasteiger partial charge >= 0.3 is 0 Å². The second kappa shape index (κ2) is 8.07. The van der Waals surface area contributed by atoms with Gasteiger partial charge in [-0.25, -0.2) is 8.42 Å². The molecule has 0 spiro atoms. The molecule has 0 bridgehead atoms. The highest BCUT2D eigenvalue weighted by Gasteiger charge is 2.32. The third kappa shape index (κ3) is 5.01. The molecule has 1 aromatic rings. The second-order valence-corrected chi connectivity index (χ2v) is 8.39. The summed E-state index contributed by atoms with van der Waals surface area (Å²) in [6, 6.07) is 3.60. The Morgan fingerprint density at radius 1 is 1.25 bits per heavy atom. The topological polar surface area (TPSA) is 75.7 Å². The van der Waals surface area contributed by atoms with Crippen molar-refractivity contribution >= 4 is 33.2 Å². The van der Waals surface area contributed by atoms with Crippen LogP contribution in [-0.4, -0.2) is 39.8 Å². The van der Waals surface area contributed by atoms with Gasteiger partial charge in [0, 0.05) is 11.1 Å². The number of nitrogens with zero attached hydrogens (tertiary/aromatic N) is 1. The van der Waals surface area contributed by atoms with Crippen molar-refractivity contribution < 1.29 is 17.9 Å². The molecule has 6 nitrogen and oxygen atoms in total. The molecule has 0 radical (unpaired) electrons. The maximum atomic E-state index is 12.5. The molecular formula is C16H25ClN2O4S. The van der Waals surface area contributed by atoms with E-state index in [1.54, 1.807) is 12.1 Å². The molecule has 0 aliphatic carbocycles. The number of hydrogen-bond acceptors (Lipinski definition) is 4. The van der Waals surface area contributed by atoms with Crippen molar-refractivity contribution in [3.63, 3.8) is 0 Å². The maximum absolute atomic E-state index is 12.5. The predicted molar refractivity (Wildman–Crippen MR) is 97.2 cm³/mol. The van der Waals surface area contributed by atoms with E-state index in [1.165, 1.54) is 20.1 Å². The van der Waals surface area contributed by atoms with Crippen LogP contribution in [0.3, 0.4) is 0 Å². The fourth-order valence-electron chi connectivity index (χ4n) is 2.13. The molecule has 0 aliphatic heterocycles. The smallest absolute Gasteiger partial charge is 0.243 e. The maximum Gasteiger partial charge on any atom is 0.243 e. The number of methoxy groups -OCH3 is 1. The lowest BCUT2D eigenvalue weighted by molar-refractivity contribution is -0.122. The van der Waals surface area contributed by atoms with E-state index in [-0.39, 0.29) is 23.6 Å². The van der Waals surface area contributed by atoms with Gasteiger partial charge in [0.15, 0.2) is 0 Å². The summed E-state index contributed by atoms with van der Waals surface area (Å²) in [5.74, 6) is 0.165. The minimum absolute atomic E-state index is 0.0809. The molecule has 1 aromatic carbocycles. The van der Waals surface area contributed by atoms with Gasteiger partial charge in [-0.15, -0.1) is 0 Å². The van der Waals surface area contributed by atoms with Crippen LogP contribution in [-0.2, 0) is 14.8 Å². The summed E-state index contributed by atoms with van der Waals surface area (Å²) in [5.41, 5.74) is 0.229. The lowest BCUT2D eigenvalue weighted by Crippen LogP contribution is -2.50. The van der Waals surface area contributed by atoms with Gasteiger partial charge in [-0.2, -0.15) is 0 Å². The largest absolute Gasteiger partial charge is 0.495 e. The Morgan fingerprint density at radius 3 is 2.29 bits per heavy atom. The molecule has 0 saturated carbocycles. The Kier molecular flexibility index (Phi) is 6.92. The fourth-order valence-corrected chi connectivity index (χ4v) is 3.46. The minimum atomic E-state index is -3.73. The third-order valence-corrected chi connectivity index (χ3v) is 5.30. The van der Waals surface area contributed by atoms with Crippen LogP contribution in [0, 0.1) is 5.92 Å². The van der Waals surface area contributed by atoms with Gasteiger partial charge in [0.05, 0.1) is 19.1 Å². The molecule has 2 unspecified atom stereocenters. The predicted octanol–water partition coefficient (Wildman–Crippen LogP) is 2.66. The van der Waals surface area contributed by atoms with E-state index in [0.717, 1.165) is 10.6 Å². The molecule has 0 aliphatic rings. The van der Waals surface area contributed by atoms with Crippen LogP contribution < -0.4 is 14.4 Å². The van der Waals surface area contributed by atoms with Gasteiger partial charge in [-0.05, 0) is 38.0 Å². The van der Waals surface area contributed by atoms with Crippen molar-refractivity contribution in [1.29, 1.82) is 0 Å². The minimum Gasteiger partial charge on any atom is -0.495 e. The summed E-state index contributed by atoms with van der Waals surface area (Å²) < 4.78 is 30.9. The van der Waals surface area contributed by atoms with E-state index in [1.807, 2.05) is 20.8 Å². The number of anilines is 1. The van der Waals surface area contributed by atoms with Crippen molar-refractivity contribution in [2.24, 2.45) is 5.92 Å². The van der Waals surface area contributed by atoms with Crippen molar-refractivity contribution in [2.75, 3.05) is 17.7 Å². The van der Waals surface area contributed by atoms with Gasteiger partial charge in [0.25, 0.3) is 0 Å². The molecule has 1 rings (SSSR count). The summed E-state index contributed by atoms with van der Waals surface area (Å²) in [5, 5.41) is 3.18. The Hall–Kier alpha value is -1.47. The van der Waals surface area contributed by atoms with E-state index in [2.05, 4.69) is 5.32 Å². The highest BCUT2D eigenvalue weighted by Crippen LogP contribution is 2.34. The van der Waals surface area contributed by atoms with Crippen LogP contribution in [0.1, 0.15) is 27.7 Å². The second-order valence-electron chi connectivity index (χ2n) is 6.09. The van der Waals surface area contributed by atoms with Gasteiger partial charge in [0.1, 0.15) is 11.8 Å². The van der Waals surface area contributed by atoms with Crippen LogP contribution in [0.2, 0.25) is 5.02 Å². The van der Waals surface area contributed by atoms with Crippen molar-refractivity contribution in [1.82, 2.24) is 5.32 Å². The first kappa shape index (κ1) is 20.6. The summed E-state index contributed by atoms with van der Waals surface area (Å²) >= 11 is 6.00. The molecule has 0 fully saturated rings. The van der Waals surface area contributed by atoms with E-state index < -0.39 is 16.1 Å². The summed E-state index contributed by atoms with van der Waals surface area (Å²) in [6.45, 7) is 7.36. The zero-order valence-electron chi connectivity index (χ0n) is 14.8. The SMILES string of the molecule is COc1ccc(Cl)cc1N(C(C)C(=O)NC(C)C(C)C)S(C)(=O)=O. The van der Waals surface area contributed by atoms with E-state index >= 15 is 0 Å². The van der Waals surface area contributed by atoms with Gasteiger partial charge in [-0.1, -0.05) is 25.4 Å². The number of ether oxygens (including phenoxy) is 1. The van der Waals surface area contributed by atoms with E-state index in [0.29, 0.717) is 10.8 Å². The highest BCUT2D eigenvalue weighted by molar-refractivity contribution is 7.92. The van der Waals surface area contributed by atoms with Gasteiger partial charge in [0.2, 0.25) is 15.9 Å². The normalized spacial score (nSPS) is 14.2. The standard InChI is InChI=1S/C16H25ClN2O4S/c1-10(2)11(3)18-16(20)12(4)19(24(6,21)22)14-9-13(17)7-8-15(14)23-5/h7-12H,1-6H3,(H,18,20). The summed E-state index contributed by atoms with van der Waals surface area (Å²) in [4.78, 5) is 12.5. The Balaban J connectivity index is 3.29.